The molecule has 0 aromatic rings. The van der Waals surface area contributed by atoms with Crippen molar-refractivity contribution < 1.29 is 28.6 Å². The molecule has 0 atom stereocenters. The van der Waals surface area contributed by atoms with Crippen LogP contribution in [0, 0.1) is 0 Å². The van der Waals surface area contributed by atoms with Crippen molar-refractivity contribution in [2.24, 2.45) is 0 Å². The van der Waals surface area contributed by atoms with Crippen LogP contribution in [0.3, 0.4) is 0 Å². The molecule has 0 bridgehead atoms. The molecule has 6 nitrogen and oxygen atoms in total. The third-order valence-electron chi connectivity index (χ3n) is 1.61. The summed E-state index contributed by atoms with van der Waals surface area (Å²) < 4.78 is 13.6. The Balaban J connectivity index is 4.93. The summed E-state index contributed by atoms with van der Waals surface area (Å²) in [5, 5.41) is 0. The van der Waals surface area contributed by atoms with Crippen molar-refractivity contribution in [3.63, 3.8) is 0 Å². The molecule has 0 aliphatic rings. The van der Waals surface area contributed by atoms with Crippen molar-refractivity contribution in [2.45, 2.75) is 26.4 Å². The van der Waals surface area contributed by atoms with E-state index >= 15 is 0 Å². The summed E-state index contributed by atoms with van der Waals surface area (Å²) in [5.74, 6) is -2.05. The van der Waals surface area contributed by atoms with E-state index in [0.29, 0.717) is 0 Å². The van der Waals surface area contributed by atoms with Gasteiger partial charge in [-0.05, 0) is 20.8 Å². The van der Waals surface area contributed by atoms with Gasteiger partial charge in [0, 0.05) is 11.6 Å². The van der Waals surface area contributed by atoms with Gasteiger partial charge in [-0.15, -0.1) is 0 Å². The molecule has 7 heteroatoms. The van der Waals surface area contributed by atoms with Gasteiger partial charge in [0.05, 0.1) is 13.2 Å². The van der Waals surface area contributed by atoms with Gasteiger partial charge in [0.25, 0.3) is 0 Å². The van der Waals surface area contributed by atoms with E-state index in [1.54, 1.807) is 13.8 Å². The van der Waals surface area contributed by atoms with E-state index in [9.17, 15) is 14.4 Å². The largest absolute Gasteiger partial charge is 0.463 e. The van der Waals surface area contributed by atoms with Crippen molar-refractivity contribution in [3.8, 4) is 0 Å². The molecule has 0 aliphatic heterocycles. The van der Waals surface area contributed by atoms with Crippen LogP contribution >= 0.6 is 11.6 Å². The number of rotatable bonds is 5. The number of ether oxygens (including phenoxy) is 3. The van der Waals surface area contributed by atoms with Gasteiger partial charge in [-0.3, -0.25) is 0 Å². The van der Waals surface area contributed by atoms with Crippen molar-refractivity contribution in [1.29, 1.82) is 0 Å². The Kier molecular flexibility index (Phi) is 5.81. The highest BCUT2D eigenvalue weighted by Gasteiger charge is 2.48. The molecular formula is C9H13ClO6. The van der Waals surface area contributed by atoms with Crippen LogP contribution in [0.15, 0.2) is 0 Å². The third kappa shape index (κ3) is 3.69. The van der Waals surface area contributed by atoms with Crippen LogP contribution in [0.1, 0.15) is 20.8 Å². The monoisotopic (exact) mass is 252 g/mol. The summed E-state index contributed by atoms with van der Waals surface area (Å²) in [7, 11) is 0. The molecule has 0 N–H and O–H groups in total. The lowest BCUT2D eigenvalue weighted by atomic mass is 10.1. The smallest absolute Gasteiger partial charge is 0.405 e. The zero-order chi connectivity index (χ0) is 12.8. The summed E-state index contributed by atoms with van der Waals surface area (Å²) in [5.41, 5.74) is -3.45. The first-order valence-corrected chi connectivity index (χ1v) is 4.99. The second-order valence-electron chi connectivity index (χ2n) is 2.81. The lowest BCUT2D eigenvalue weighted by molar-refractivity contribution is -0.180. The van der Waals surface area contributed by atoms with Crippen molar-refractivity contribution in [3.05, 3.63) is 0 Å². The number of halogens is 1. The zero-order valence-electron chi connectivity index (χ0n) is 9.24. The molecule has 0 amide bonds. The highest BCUT2D eigenvalue weighted by molar-refractivity contribution is 6.61. The molecule has 0 fully saturated rings. The molecule has 0 spiro atoms. The molecular weight excluding hydrogens is 240 g/mol. The number of hydrogen-bond donors (Lipinski definition) is 0. The Morgan fingerprint density at radius 3 is 1.69 bits per heavy atom. The predicted molar refractivity (Wildman–Crippen MR) is 54.0 cm³/mol. The molecule has 0 unspecified atom stereocenters. The highest BCUT2D eigenvalue weighted by Crippen LogP contribution is 2.17. The van der Waals surface area contributed by atoms with Crippen LogP contribution in [-0.4, -0.2) is 36.2 Å². The van der Waals surface area contributed by atoms with E-state index in [2.05, 4.69) is 14.2 Å². The van der Waals surface area contributed by atoms with Gasteiger partial charge in [0.15, 0.2) is 0 Å². The molecule has 0 rings (SSSR count). The Labute approximate surface area is 97.8 Å². The maximum atomic E-state index is 11.5. The van der Waals surface area contributed by atoms with Crippen LogP contribution in [0.5, 0.6) is 0 Å². The second-order valence-corrected chi connectivity index (χ2v) is 3.12. The summed E-state index contributed by atoms with van der Waals surface area (Å²) in [6.07, 6.45) is 0. The van der Waals surface area contributed by atoms with Crippen LogP contribution in [0.4, 0.5) is 4.79 Å². The average molecular weight is 253 g/mol. The fraction of sp³-hybridized carbons (Fsp3) is 0.667. The summed E-state index contributed by atoms with van der Waals surface area (Å²) >= 11 is 4.97. The zero-order valence-corrected chi connectivity index (χ0v) is 10.00. The molecule has 0 aromatic heterocycles. The molecule has 0 saturated heterocycles. The minimum Gasteiger partial charge on any atom is -0.463 e. The van der Waals surface area contributed by atoms with Crippen LogP contribution in [0.25, 0.3) is 0 Å². The van der Waals surface area contributed by atoms with Crippen LogP contribution < -0.4 is 0 Å². The first-order valence-electron chi connectivity index (χ1n) is 4.61. The number of carbonyl (C=O) groups excluding carboxylic acids is 3. The van der Waals surface area contributed by atoms with Crippen LogP contribution in [0.2, 0.25) is 0 Å². The maximum Gasteiger partial charge on any atom is 0.405 e. The van der Waals surface area contributed by atoms with Gasteiger partial charge in [0.1, 0.15) is 0 Å². The van der Waals surface area contributed by atoms with Gasteiger partial charge in [0.2, 0.25) is 0 Å². The van der Waals surface area contributed by atoms with Gasteiger partial charge >= 0.3 is 23.0 Å². The van der Waals surface area contributed by atoms with E-state index in [0.717, 1.165) is 6.92 Å². The lowest BCUT2D eigenvalue weighted by Gasteiger charge is -2.23. The highest BCUT2D eigenvalue weighted by atomic mass is 35.5. The average Bonchev–Trinajstić information content (AvgIpc) is 2.17. The van der Waals surface area contributed by atoms with Gasteiger partial charge < -0.3 is 14.2 Å². The SMILES string of the molecule is CCOC(=O)C(C)(OC(=O)Cl)C(=O)OCC. The van der Waals surface area contributed by atoms with Crippen molar-refractivity contribution >= 4 is 29.0 Å². The Bertz CT molecular complexity index is 270. The van der Waals surface area contributed by atoms with E-state index in [-0.39, 0.29) is 13.2 Å². The predicted octanol–water partition coefficient (Wildman–Crippen LogP) is 1.25. The standard InChI is InChI=1S/C9H13ClO6/c1-4-14-6(11)9(3,16-8(10)13)7(12)15-5-2/h4-5H2,1-3H3. The maximum absolute atomic E-state index is 11.5. The van der Waals surface area contributed by atoms with Gasteiger partial charge in [-0.25, -0.2) is 14.4 Å². The quantitative estimate of drug-likeness (QED) is 0.317. The van der Waals surface area contributed by atoms with Crippen molar-refractivity contribution in [1.82, 2.24) is 0 Å². The summed E-state index contributed by atoms with van der Waals surface area (Å²) in [4.78, 5) is 33.5. The minimum atomic E-state index is -2.16. The summed E-state index contributed by atoms with van der Waals surface area (Å²) in [6, 6.07) is 0. The van der Waals surface area contributed by atoms with E-state index in [4.69, 9.17) is 11.6 Å². The molecule has 0 aromatic carbocycles. The first kappa shape index (κ1) is 14.7. The number of esters is 2. The van der Waals surface area contributed by atoms with Gasteiger partial charge in [-0.1, -0.05) is 0 Å². The number of hydrogen-bond acceptors (Lipinski definition) is 6. The molecule has 0 radical (unpaired) electrons. The molecule has 0 aliphatic carbocycles. The normalized spacial score (nSPS) is 10.5. The fourth-order valence-corrected chi connectivity index (χ4v) is 1.02. The van der Waals surface area contributed by atoms with E-state index in [1.807, 2.05) is 0 Å². The Hall–Kier alpha value is -1.30. The Morgan fingerprint density at radius 1 is 1.06 bits per heavy atom. The second kappa shape index (κ2) is 6.32. The lowest BCUT2D eigenvalue weighted by Crippen LogP contribution is -2.49. The molecule has 0 saturated carbocycles. The third-order valence-corrected chi connectivity index (χ3v) is 1.69. The fourth-order valence-electron chi connectivity index (χ4n) is 0.865. The summed E-state index contributed by atoms with van der Waals surface area (Å²) in [6.45, 7) is 4.22. The topological polar surface area (TPSA) is 78.9 Å². The molecule has 0 heterocycles. The molecule has 16 heavy (non-hydrogen) atoms. The minimum absolute atomic E-state index is 0.0354. The number of carbonyl (C=O) groups is 3. The van der Waals surface area contributed by atoms with E-state index in [1.165, 1.54) is 0 Å². The first-order chi connectivity index (χ1) is 7.38. The van der Waals surface area contributed by atoms with Gasteiger partial charge in [-0.2, -0.15) is 0 Å². The Morgan fingerprint density at radius 2 is 1.44 bits per heavy atom. The van der Waals surface area contributed by atoms with E-state index < -0.39 is 23.0 Å². The van der Waals surface area contributed by atoms with Crippen LogP contribution in [-0.2, 0) is 23.8 Å². The molecule has 92 valence electrons. The van der Waals surface area contributed by atoms with Crippen molar-refractivity contribution in [2.75, 3.05) is 13.2 Å².